The summed E-state index contributed by atoms with van der Waals surface area (Å²) in [5.41, 5.74) is 22.6. The van der Waals surface area contributed by atoms with E-state index in [0.717, 1.165) is 5.57 Å². The van der Waals surface area contributed by atoms with Crippen LogP contribution in [-0.2, 0) is 0 Å². The molecular weight excluding hydrogens is 258 g/mol. The van der Waals surface area contributed by atoms with Crippen LogP contribution in [-0.4, -0.2) is 34.9 Å². The number of hydrogen-bond acceptors (Lipinski definition) is 4. The Morgan fingerprint density at radius 1 is 1.00 bits per heavy atom. The zero-order valence-electron chi connectivity index (χ0n) is 11.5. The highest BCUT2D eigenvalue weighted by molar-refractivity contribution is 6.00. The summed E-state index contributed by atoms with van der Waals surface area (Å²) in [7, 11) is 0. The molecule has 0 atom stereocenters. The van der Waals surface area contributed by atoms with Crippen LogP contribution in [0.3, 0.4) is 0 Å². The SMILES string of the molecule is CC(=NN=C(N)N)C1=CC=CN(C(C)=NN=C(N)N)C1. The van der Waals surface area contributed by atoms with E-state index in [4.69, 9.17) is 22.9 Å². The average Bonchev–Trinajstić information content (AvgIpc) is 2.42. The number of nitrogens with two attached hydrogens (primary N) is 4. The summed E-state index contributed by atoms with van der Waals surface area (Å²) in [6.07, 6.45) is 5.64. The summed E-state index contributed by atoms with van der Waals surface area (Å²) in [6.45, 7) is 4.18. The molecule has 0 aromatic rings. The molecule has 108 valence electrons. The van der Waals surface area contributed by atoms with E-state index in [1.807, 2.05) is 30.2 Å². The van der Waals surface area contributed by atoms with E-state index in [2.05, 4.69) is 20.4 Å². The van der Waals surface area contributed by atoms with Crippen molar-refractivity contribution in [3.8, 4) is 0 Å². The number of nitrogens with zero attached hydrogens (tertiary/aromatic N) is 5. The van der Waals surface area contributed by atoms with Crippen LogP contribution in [0.15, 0.2) is 44.3 Å². The smallest absolute Gasteiger partial charge is 0.211 e. The summed E-state index contributed by atoms with van der Waals surface area (Å²) in [6, 6.07) is 0. The van der Waals surface area contributed by atoms with Gasteiger partial charge in [-0.2, -0.15) is 5.10 Å². The molecular formula is C11H19N9. The highest BCUT2D eigenvalue weighted by atomic mass is 15.3. The maximum Gasteiger partial charge on any atom is 0.211 e. The maximum absolute atomic E-state index is 5.23. The molecule has 1 rings (SSSR count). The summed E-state index contributed by atoms with van der Waals surface area (Å²) >= 11 is 0. The molecule has 20 heavy (non-hydrogen) atoms. The maximum atomic E-state index is 5.23. The van der Waals surface area contributed by atoms with Crippen molar-refractivity contribution >= 4 is 23.5 Å². The molecule has 0 aliphatic carbocycles. The van der Waals surface area contributed by atoms with E-state index in [9.17, 15) is 0 Å². The minimum atomic E-state index is -0.0911. The second-order valence-electron chi connectivity index (χ2n) is 4.04. The Kier molecular flexibility index (Phi) is 5.27. The second kappa shape index (κ2) is 6.92. The highest BCUT2D eigenvalue weighted by Crippen LogP contribution is 2.10. The predicted molar refractivity (Wildman–Crippen MR) is 81.8 cm³/mol. The van der Waals surface area contributed by atoms with Gasteiger partial charge in [-0.1, -0.05) is 6.08 Å². The number of amidine groups is 1. The number of guanidine groups is 2. The second-order valence-corrected chi connectivity index (χ2v) is 4.04. The van der Waals surface area contributed by atoms with Gasteiger partial charge < -0.3 is 27.8 Å². The van der Waals surface area contributed by atoms with Crippen LogP contribution in [0.2, 0.25) is 0 Å². The number of rotatable bonds is 3. The average molecular weight is 277 g/mol. The van der Waals surface area contributed by atoms with Crippen molar-refractivity contribution in [1.82, 2.24) is 4.90 Å². The number of hydrogen-bond donors (Lipinski definition) is 4. The lowest BCUT2D eigenvalue weighted by Crippen LogP contribution is -2.29. The Labute approximate surface area is 117 Å². The quantitative estimate of drug-likeness (QED) is 0.295. The first-order valence-electron chi connectivity index (χ1n) is 5.81. The molecule has 8 N–H and O–H groups in total. The lowest BCUT2D eigenvalue weighted by atomic mass is 10.1. The Morgan fingerprint density at radius 2 is 1.60 bits per heavy atom. The van der Waals surface area contributed by atoms with Crippen molar-refractivity contribution in [2.45, 2.75) is 13.8 Å². The van der Waals surface area contributed by atoms with Crippen LogP contribution in [0.4, 0.5) is 0 Å². The normalized spacial score (nSPS) is 15.7. The van der Waals surface area contributed by atoms with Crippen LogP contribution >= 0.6 is 0 Å². The standard InChI is InChI=1S/C11H19N9/c1-7(16-18-10(12)13)9-4-3-5-20(6-9)8(2)17-19-11(14)15/h3-5H,6H2,1-2H3,(H4,12,13,18)(H4,14,15,19). The van der Waals surface area contributed by atoms with Crippen molar-refractivity contribution in [3.05, 3.63) is 23.9 Å². The predicted octanol–water partition coefficient (Wildman–Crippen LogP) is -1.00. The molecule has 1 heterocycles. The highest BCUT2D eigenvalue weighted by Gasteiger charge is 2.12. The molecule has 0 amide bonds. The first-order chi connectivity index (χ1) is 9.40. The van der Waals surface area contributed by atoms with E-state index >= 15 is 0 Å². The van der Waals surface area contributed by atoms with Gasteiger partial charge in [0.05, 0.1) is 12.3 Å². The monoisotopic (exact) mass is 277 g/mol. The molecule has 0 unspecified atom stereocenters. The molecule has 0 radical (unpaired) electrons. The molecule has 9 nitrogen and oxygen atoms in total. The lowest BCUT2D eigenvalue weighted by Gasteiger charge is -2.23. The third kappa shape index (κ3) is 4.80. The Morgan fingerprint density at radius 3 is 2.20 bits per heavy atom. The minimum Gasteiger partial charge on any atom is -0.369 e. The van der Waals surface area contributed by atoms with Gasteiger partial charge in [0.15, 0.2) is 0 Å². The fourth-order valence-corrected chi connectivity index (χ4v) is 1.39. The molecule has 0 fully saturated rings. The van der Waals surface area contributed by atoms with Crippen LogP contribution in [0.1, 0.15) is 13.8 Å². The zero-order chi connectivity index (χ0) is 15.1. The van der Waals surface area contributed by atoms with Gasteiger partial charge >= 0.3 is 0 Å². The van der Waals surface area contributed by atoms with Crippen LogP contribution in [0.25, 0.3) is 0 Å². The third-order valence-electron chi connectivity index (χ3n) is 2.41. The van der Waals surface area contributed by atoms with Gasteiger partial charge in [0.1, 0.15) is 5.84 Å². The first-order valence-corrected chi connectivity index (χ1v) is 5.81. The largest absolute Gasteiger partial charge is 0.369 e. The van der Waals surface area contributed by atoms with Crippen molar-refractivity contribution < 1.29 is 0 Å². The molecule has 1 aliphatic heterocycles. The lowest BCUT2D eigenvalue weighted by molar-refractivity contribution is 0.599. The van der Waals surface area contributed by atoms with Crippen LogP contribution < -0.4 is 22.9 Å². The van der Waals surface area contributed by atoms with Crippen molar-refractivity contribution in [2.75, 3.05) is 6.54 Å². The zero-order valence-corrected chi connectivity index (χ0v) is 11.5. The Balaban J connectivity index is 2.82. The van der Waals surface area contributed by atoms with Gasteiger partial charge in [-0.15, -0.1) is 15.3 Å². The first kappa shape index (κ1) is 15.2. The van der Waals surface area contributed by atoms with Gasteiger partial charge in [0, 0.05) is 6.20 Å². The van der Waals surface area contributed by atoms with E-state index < -0.39 is 0 Å². The summed E-state index contributed by atoms with van der Waals surface area (Å²) < 4.78 is 0. The fraction of sp³-hybridized carbons (Fsp3) is 0.273. The van der Waals surface area contributed by atoms with Crippen molar-refractivity contribution in [3.63, 3.8) is 0 Å². The van der Waals surface area contributed by atoms with Crippen molar-refractivity contribution in [2.24, 2.45) is 43.3 Å². The van der Waals surface area contributed by atoms with Gasteiger partial charge in [0.2, 0.25) is 11.9 Å². The molecule has 0 bridgehead atoms. The van der Waals surface area contributed by atoms with E-state index in [0.29, 0.717) is 18.1 Å². The van der Waals surface area contributed by atoms with Gasteiger partial charge in [-0.05, 0) is 25.5 Å². The number of allylic oxidation sites excluding steroid dienone is 2. The Bertz CT molecular complexity index is 528. The van der Waals surface area contributed by atoms with Gasteiger partial charge in [-0.25, -0.2) is 0 Å². The van der Waals surface area contributed by atoms with E-state index in [-0.39, 0.29) is 11.9 Å². The van der Waals surface area contributed by atoms with Crippen molar-refractivity contribution in [1.29, 1.82) is 0 Å². The molecule has 0 saturated carbocycles. The summed E-state index contributed by atoms with van der Waals surface area (Å²) in [5.74, 6) is 0.472. The van der Waals surface area contributed by atoms with Crippen LogP contribution in [0.5, 0.6) is 0 Å². The molecule has 0 saturated heterocycles. The molecule has 0 spiro atoms. The Hall–Kier alpha value is -2.84. The fourth-order valence-electron chi connectivity index (χ4n) is 1.39. The molecule has 0 aromatic heterocycles. The topological polar surface area (TPSA) is 157 Å². The molecule has 1 aliphatic rings. The minimum absolute atomic E-state index is 0.0846. The van der Waals surface area contributed by atoms with E-state index in [1.165, 1.54) is 0 Å². The third-order valence-corrected chi connectivity index (χ3v) is 2.41. The molecule has 9 heteroatoms. The summed E-state index contributed by atoms with van der Waals surface area (Å²) in [4.78, 5) is 1.87. The molecule has 0 aromatic carbocycles. The summed E-state index contributed by atoms with van der Waals surface area (Å²) in [5, 5.41) is 15.1. The van der Waals surface area contributed by atoms with E-state index in [1.54, 1.807) is 6.92 Å². The van der Waals surface area contributed by atoms with Gasteiger partial charge in [-0.3, -0.25) is 0 Å². The van der Waals surface area contributed by atoms with Crippen LogP contribution in [0, 0.1) is 0 Å². The van der Waals surface area contributed by atoms with Gasteiger partial charge in [0.25, 0.3) is 0 Å².